The summed E-state index contributed by atoms with van der Waals surface area (Å²) in [5.74, 6) is 5.64. The lowest BCUT2D eigenvalue weighted by atomic mass is 9.83. The molecule has 3 unspecified atom stereocenters. The van der Waals surface area contributed by atoms with Crippen LogP contribution >= 0.6 is 0 Å². The van der Waals surface area contributed by atoms with Gasteiger partial charge in [0.15, 0.2) is 5.82 Å². The smallest absolute Gasteiger partial charge is 0.220 e. The van der Waals surface area contributed by atoms with Gasteiger partial charge < -0.3 is 54.6 Å². The molecule has 4 aromatic rings. The predicted octanol–water partition coefficient (Wildman–Crippen LogP) is 12.8. The Bertz CT molecular complexity index is 2640. The maximum absolute atomic E-state index is 13.0. The van der Waals surface area contributed by atoms with Gasteiger partial charge in [-0.1, -0.05) is 91.7 Å². The van der Waals surface area contributed by atoms with Crippen LogP contribution in [-0.4, -0.2) is 136 Å². The summed E-state index contributed by atoms with van der Waals surface area (Å²) in [6.45, 7) is 39.2. The van der Waals surface area contributed by atoms with E-state index in [0.29, 0.717) is 57.1 Å². The minimum Gasteiger partial charge on any atom is -0.493 e. The van der Waals surface area contributed by atoms with Crippen molar-refractivity contribution in [1.29, 1.82) is 0 Å². The zero-order valence-corrected chi connectivity index (χ0v) is 53.9. The zero-order chi connectivity index (χ0) is 59.8. The number of nitrogens with two attached hydrogens (primary N) is 1. The quantitative estimate of drug-likeness (QED) is 0.0319. The van der Waals surface area contributed by atoms with Crippen molar-refractivity contribution in [3.05, 3.63) is 51.8 Å². The van der Waals surface area contributed by atoms with E-state index in [9.17, 15) is 15.0 Å². The average molecular weight is 1140 g/mol. The van der Waals surface area contributed by atoms with Crippen LogP contribution in [0.2, 0.25) is 0 Å². The largest absolute Gasteiger partial charge is 0.493 e. The molecule has 3 atom stereocenters. The van der Waals surface area contributed by atoms with Crippen molar-refractivity contribution in [2.24, 2.45) is 23.2 Å². The van der Waals surface area contributed by atoms with Gasteiger partial charge in [-0.15, -0.1) is 0 Å². The number of aliphatic hydroxyl groups excluding tert-OH is 2. The van der Waals surface area contributed by atoms with Gasteiger partial charge in [0.05, 0.1) is 48.7 Å². The van der Waals surface area contributed by atoms with Crippen molar-refractivity contribution in [3.63, 3.8) is 0 Å². The minimum atomic E-state index is -0.687. The van der Waals surface area contributed by atoms with Crippen molar-refractivity contribution < 1.29 is 34.0 Å². The molecule has 2 aromatic carbocycles. The SMILES string of the molecule is Cc1c(C)c2c(c(C)c1OCCCC(=O)NCC(C)(C)OCCC(C)(C)OCCCN1CCN(CCCc3ccc4c(c3)nc(N)c3nc(C)n(CC(C)(CO)CO)c34)CC1)CCC(C)(CCCC(C)CCCC(C)CCCC(C)C)O2. The molecule has 0 bridgehead atoms. The highest BCUT2D eigenvalue weighted by Gasteiger charge is 2.35. The van der Waals surface area contributed by atoms with Crippen molar-refractivity contribution >= 4 is 33.7 Å². The van der Waals surface area contributed by atoms with Gasteiger partial charge in [-0.2, -0.15) is 0 Å². The van der Waals surface area contributed by atoms with Gasteiger partial charge in [0, 0.05) is 75.2 Å². The number of carbonyl (C=O) groups excluding carboxylic acids is 1. The molecule has 2 aliphatic heterocycles. The molecule has 82 heavy (non-hydrogen) atoms. The number of nitrogens with one attached hydrogen (secondary N) is 1. The maximum atomic E-state index is 13.0. The Hall–Kier alpha value is -4.05. The number of fused-ring (bicyclic) bond motifs is 4. The van der Waals surface area contributed by atoms with Crippen LogP contribution in [-0.2, 0) is 33.7 Å². The van der Waals surface area contributed by atoms with Gasteiger partial charge >= 0.3 is 0 Å². The van der Waals surface area contributed by atoms with Crippen molar-refractivity contribution in [2.45, 2.75) is 229 Å². The van der Waals surface area contributed by atoms with E-state index in [1.54, 1.807) is 0 Å². The minimum absolute atomic E-state index is 0.0129. The van der Waals surface area contributed by atoms with Crippen LogP contribution in [0.1, 0.15) is 199 Å². The molecular weight excluding hydrogens is 1030 g/mol. The highest BCUT2D eigenvalue weighted by Crippen LogP contribution is 2.45. The molecule has 2 aromatic heterocycles. The third kappa shape index (κ3) is 19.8. The Balaban J connectivity index is 0.805. The molecule has 0 aliphatic carbocycles. The molecule has 2 aliphatic rings. The van der Waals surface area contributed by atoms with Gasteiger partial charge in [0.25, 0.3) is 0 Å². The van der Waals surface area contributed by atoms with E-state index in [4.69, 9.17) is 34.6 Å². The van der Waals surface area contributed by atoms with Crippen LogP contribution in [0.5, 0.6) is 11.5 Å². The summed E-state index contributed by atoms with van der Waals surface area (Å²) in [5.41, 5.74) is 13.2. The first-order valence-corrected chi connectivity index (χ1v) is 32.0. The van der Waals surface area contributed by atoms with Gasteiger partial charge in [-0.3, -0.25) is 4.79 Å². The lowest BCUT2D eigenvalue weighted by Crippen LogP contribution is -2.47. The topological polar surface area (TPSA) is 170 Å². The fourth-order valence-electron chi connectivity index (χ4n) is 12.3. The molecular formula is C68H113N7O7. The Labute approximate surface area is 495 Å². The Morgan fingerprint density at radius 3 is 2.07 bits per heavy atom. The van der Waals surface area contributed by atoms with Gasteiger partial charge in [-0.25, -0.2) is 9.97 Å². The summed E-state index contributed by atoms with van der Waals surface area (Å²) in [5, 5.41) is 24.1. The lowest BCUT2D eigenvalue weighted by Gasteiger charge is -2.38. The Kier molecular flexibility index (Phi) is 25.2. The fourth-order valence-corrected chi connectivity index (χ4v) is 12.3. The molecule has 5 N–H and O–H groups in total. The summed E-state index contributed by atoms with van der Waals surface area (Å²) < 4.78 is 28.1. The summed E-state index contributed by atoms with van der Waals surface area (Å²) in [4.78, 5) is 27.6. The summed E-state index contributed by atoms with van der Waals surface area (Å²) >= 11 is 0. The summed E-state index contributed by atoms with van der Waals surface area (Å²) in [7, 11) is 0. The number of pyridine rings is 1. The van der Waals surface area contributed by atoms with E-state index in [-0.39, 0.29) is 30.3 Å². The highest BCUT2D eigenvalue weighted by atomic mass is 16.5. The van der Waals surface area contributed by atoms with E-state index >= 15 is 0 Å². The average Bonchev–Trinajstić information content (AvgIpc) is 2.38. The number of imidazole rings is 1. The number of nitrogens with zero attached hydrogens (tertiary/aromatic N) is 5. The number of aryl methyl sites for hydroxylation is 2. The number of aliphatic hydroxyl groups is 2. The van der Waals surface area contributed by atoms with Crippen molar-refractivity contribution in [3.8, 4) is 11.5 Å². The van der Waals surface area contributed by atoms with Crippen LogP contribution in [0.4, 0.5) is 5.82 Å². The number of carbonyl (C=O) groups is 1. The molecule has 6 rings (SSSR count). The fraction of sp³-hybridized carbons (Fsp3) is 0.750. The second-order valence-electron chi connectivity index (χ2n) is 27.7. The Morgan fingerprint density at radius 1 is 0.780 bits per heavy atom. The first-order chi connectivity index (χ1) is 38.8. The number of benzene rings is 2. The molecule has 0 saturated carbocycles. The van der Waals surface area contributed by atoms with Crippen LogP contribution < -0.4 is 20.5 Å². The molecule has 14 nitrogen and oxygen atoms in total. The number of amides is 1. The lowest BCUT2D eigenvalue weighted by molar-refractivity contribution is -0.123. The van der Waals surface area contributed by atoms with E-state index in [0.717, 1.165) is 141 Å². The molecule has 4 heterocycles. The number of piperazine rings is 1. The third-order valence-corrected chi connectivity index (χ3v) is 18.3. The van der Waals surface area contributed by atoms with E-state index in [2.05, 4.69) is 107 Å². The van der Waals surface area contributed by atoms with Crippen molar-refractivity contribution in [2.75, 3.05) is 84.6 Å². The van der Waals surface area contributed by atoms with Crippen molar-refractivity contribution in [1.82, 2.24) is 29.7 Å². The molecule has 0 spiro atoms. The predicted molar refractivity (Wildman–Crippen MR) is 337 cm³/mol. The van der Waals surface area contributed by atoms with Gasteiger partial charge in [0.2, 0.25) is 5.91 Å². The Morgan fingerprint density at radius 2 is 1.41 bits per heavy atom. The first kappa shape index (κ1) is 67.1. The number of rotatable bonds is 36. The standard InChI is InChI=1S/C68H113N7O7/c1-48(2)21-15-22-49(3)23-16-24-50(4)25-17-31-68(14)32-30-56-53(7)62(51(5)52(6)63(56)82-68)79-40-19-27-59(78)70-44-66(11,12)81-42-33-65(9,10)80-41-20-35-74-38-36-73(37-39-74)34-18-26-55-28-29-57-58(43-55)72-64(69)60-61(57)75(54(8)71-60)45-67(13,46-76)47-77/h28-29,43,48-50,76-77H,15-27,30-42,44-47H2,1-14H3,(H2,69,72)(H,70,78). The number of hydrogen-bond donors (Lipinski definition) is 4. The number of anilines is 1. The summed E-state index contributed by atoms with van der Waals surface area (Å²) in [6.07, 6.45) is 18.6. The van der Waals surface area contributed by atoms with Crippen LogP contribution in [0.25, 0.3) is 21.9 Å². The molecule has 462 valence electrons. The zero-order valence-electron chi connectivity index (χ0n) is 53.9. The first-order valence-electron chi connectivity index (χ1n) is 32.0. The molecule has 0 radical (unpaired) electrons. The third-order valence-electron chi connectivity index (χ3n) is 18.3. The van der Waals surface area contributed by atoms with Crippen LogP contribution in [0.3, 0.4) is 0 Å². The number of ether oxygens (including phenoxy) is 4. The van der Waals surface area contributed by atoms with E-state index in [1.165, 1.54) is 73.6 Å². The molecule has 1 amide bonds. The number of nitrogen functional groups attached to an aromatic ring is 1. The maximum Gasteiger partial charge on any atom is 0.220 e. The molecule has 1 fully saturated rings. The van der Waals surface area contributed by atoms with E-state index in [1.807, 2.05) is 27.7 Å². The van der Waals surface area contributed by atoms with Gasteiger partial charge in [-0.05, 0) is 173 Å². The molecule has 14 heteroatoms. The monoisotopic (exact) mass is 1140 g/mol. The number of aromatic nitrogens is 3. The highest BCUT2D eigenvalue weighted by molar-refractivity contribution is 6.06. The summed E-state index contributed by atoms with van der Waals surface area (Å²) in [6, 6.07) is 6.45. The van der Waals surface area contributed by atoms with E-state index < -0.39 is 11.0 Å². The second kappa shape index (κ2) is 30.9. The normalized spacial score (nSPS) is 17.4. The van der Waals surface area contributed by atoms with Gasteiger partial charge in [0.1, 0.15) is 28.4 Å². The number of hydrogen-bond acceptors (Lipinski definition) is 12. The van der Waals surface area contributed by atoms with Crippen LogP contribution in [0.15, 0.2) is 18.2 Å². The van der Waals surface area contributed by atoms with Crippen LogP contribution in [0, 0.1) is 50.9 Å². The second-order valence-corrected chi connectivity index (χ2v) is 27.7. The molecule has 1 saturated heterocycles.